The largest absolute Gasteiger partial charge is 0.480 e. The number of nitrogens with zero attached hydrogens (tertiary/aromatic N) is 2. The molecule has 0 saturated carbocycles. The molecule has 49 heavy (non-hydrogen) atoms. The molecule has 2 heterocycles. The quantitative estimate of drug-likeness (QED) is 0.133. The number of carbonyl (C=O) groups is 3. The SMILES string of the molecule is CCc1ccc(-c2ccc(-c3cnc(-c4ccc(C[C@H](NC(=O)c5ccc(C(C)(C)C)s5)C(=O)N[C@H](C)C(=O)O)cc4)nc3)c(F)c2)cc1. The molecule has 0 aliphatic carbocycles. The van der Waals surface area contributed by atoms with E-state index >= 15 is 4.39 Å². The summed E-state index contributed by atoms with van der Waals surface area (Å²) in [5.41, 5.74) is 5.21. The molecule has 3 aromatic carbocycles. The average Bonchev–Trinajstić information content (AvgIpc) is 3.60. The van der Waals surface area contributed by atoms with Gasteiger partial charge in [-0.25, -0.2) is 14.4 Å². The first-order valence-electron chi connectivity index (χ1n) is 16.1. The van der Waals surface area contributed by atoms with E-state index in [0.717, 1.165) is 28.0 Å². The molecule has 3 N–H and O–H groups in total. The first-order valence-corrected chi connectivity index (χ1v) is 16.9. The Hall–Kier alpha value is -5.22. The van der Waals surface area contributed by atoms with Crippen molar-refractivity contribution in [3.63, 3.8) is 0 Å². The van der Waals surface area contributed by atoms with E-state index in [-0.39, 0.29) is 17.7 Å². The van der Waals surface area contributed by atoms with Crippen molar-refractivity contribution in [2.75, 3.05) is 0 Å². The third kappa shape index (κ3) is 8.63. The molecular formula is C39H39FN4O4S. The molecule has 0 saturated heterocycles. The van der Waals surface area contributed by atoms with Crippen LogP contribution in [0, 0.1) is 5.82 Å². The lowest BCUT2D eigenvalue weighted by atomic mass is 9.95. The number of carbonyl (C=O) groups excluding carboxylic acids is 2. The Bertz CT molecular complexity index is 1950. The fraction of sp³-hybridized carbons (Fsp3) is 0.256. The van der Waals surface area contributed by atoms with Gasteiger partial charge in [-0.1, -0.05) is 88.4 Å². The topological polar surface area (TPSA) is 121 Å². The van der Waals surface area contributed by atoms with Crippen LogP contribution >= 0.6 is 11.3 Å². The maximum atomic E-state index is 15.2. The molecule has 5 rings (SSSR count). The molecule has 0 spiro atoms. The zero-order valence-electron chi connectivity index (χ0n) is 28.1. The summed E-state index contributed by atoms with van der Waals surface area (Å²) in [6.45, 7) is 9.62. The molecule has 2 amide bonds. The van der Waals surface area contributed by atoms with Crippen molar-refractivity contribution in [3.8, 4) is 33.6 Å². The van der Waals surface area contributed by atoms with Gasteiger partial charge in [0.05, 0.1) is 4.88 Å². The number of hydrogen-bond acceptors (Lipinski definition) is 6. The summed E-state index contributed by atoms with van der Waals surface area (Å²) in [7, 11) is 0. The van der Waals surface area contributed by atoms with Crippen LogP contribution in [0.2, 0.25) is 0 Å². The number of halogens is 1. The standard InChI is InChI=1S/C39H39FN4O4S/c1-6-24-7-11-26(12-8-24)28-15-16-30(31(40)20-28)29-21-41-35(42-22-29)27-13-9-25(10-14-27)19-32(36(45)43-23(2)38(47)48)44-37(46)33-17-18-34(49-33)39(3,4)5/h7-18,20-23,32H,6,19H2,1-5H3,(H,43,45)(H,44,46)(H,47,48)/t23-,32+/m1/s1. The minimum atomic E-state index is -1.18. The van der Waals surface area contributed by atoms with Crippen LogP contribution in [-0.2, 0) is 27.8 Å². The van der Waals surface area contributed by atoms with Gasteiger partial charge in [-0.3, -0.25) is 14.4 Å². The number of amides is 2. The van der Waals surface area contributed by atoms with Crippen molar-refractivity contribution in [1.29, 1.82) is 0 Å². The molecule has 252 valence electrons. The van der Waals surface area contributed by atoms with Crippen molar-refractivity contribution >= 4 is 29.1 Å². The molecule has 0 fully saturated rings. The molecule has 5 aromatic rings. The molecular weight excluding hydrogens is 640 g/mol. The minimum absolute atomic E-state index is 0.125. The smallest absolute Gasteiger partial charge is 0.325 e. The first-order chi connectivity index (χ1) is 23.3. The van der Waals surface area contributed by atoms with E-state index in [1.807, 2.05) is 36.4 Å². The maximum absolute atomic E-state index is 15.2. The monoisotopic (exact) mass is 678 g/mol. The van der Waals surface area contributed by atoms with Crippen LogP contribution in [0.15, 0.2) is 91.3 Å². The third-order valence-corrected chi connectivity index (χ3v) is 9.71. The highest BCUT2D eigenvalue weighted by Gasteiger charge is 2.26. The van der Waals surface area contributed by atoms with Gasteiger partial charge < -0.3 is 15.7 Å². The number of aryl methyl sites for hydroxylation is 1. The van der Waals surface area contributed by atoms with Gasteiger partial charge in [0, 0.05) is 40.4 Å². The Morgan fingerprint density at radius 1 is 0.816 bits per heavy atom. The predicted octanol–water partition coefficient (Wildman–Crippen LogP) is 7.47. The highest BCUT2D eigenvalue weighted by Crippen LogP contribution is 2.30. The van der Waals surface area contributed by atoms with Crippen molar-refractivity contribution in [3.05, 3.63) is 118 Å². The summed E-state index contributed by atoms with van der Waals surface area (Å²) in [4.78, 5) is 48.1. The van der Waals surface area contributed by atoms with E-state index < -0.39 is 29.9 Å². The van der Waals surface area contributed by atoms with Gasteiger partial charge in [-0.2, -0.15) is 0 Å². The van der Waals surface area contributed by atoms with Crippen molar-refractivity contribution in [2.24, 2.45) is 0 Å². The lowest BCUT2D eigenvalue weighted by molar-refractivity contribution is -0.141. The number of nitrogens with one attached hydrogen (secondary N) is 2. The number of aliphatic carboxylic acids is 1. The van der Waals surface area contributed by atoms with Crippen LogP contribution in [-0.4, -0.2) is 44.9 Å². The molecule has 0 aliphatic heterocycles. The summed E-state index contributed by atoms with van der Waals surface area (Å²) < 4.78 is 15.2. The van der Waals surface area contributed by atoms with Crippen molar-refractivity contribution in [1.82, 2.24) is 20.6 Å². The van der Waals surface area contributed by atoms with Gasteiger partial charge in [0.25, 0.3) is 5.91 Å². The van der Waals surface area contributed by atoms with Crippen molar-refractivity contribution < 1.29 is 23.9 Å². The van der Waals surface area contributed by atoms with Crippen LogP contribution < -0.4 is 10.6 Å². The number of aromatic nitrogens is 2. The predicted molar refractivity (Wildman–Crippen MR) is 191 cm³/mol. The van der Waals surface area contributed by atoms with E-state index in [1.54, 1.807) is 48.8 Å². The Kier molecular flexibility index (Phi) is 10.7. The summed E-state index contributed by atoms with van der Waals surface area (Å²) in [6.07, 6.45) is 4.23. The van der Waals surface area contributed by atoms with Gasteiger partial charge in [-0.15, -0.1) is 11.3 Å². The van der Waals surface area contributed by atoms with Gasteiger partial charge in [0.2, 0.25) is 5.91 Å². The fourth-order valence-electron chi connectivity index (χ4n) is 5.18. The molecule has 0 unspecified atom stereocenters. The number of carboxylic acid groups (broad SMARTS) is 1. The highest BCUT2D eigenvalue weighted by molar-refractivity contribution is 7.14. The van der Waals surface area contributed by atoms with Gasteiger partial charge >= 0.3 is 5.97 Å². The third-order valence-electron chi connectivity index (χ3n) is 8.20. The highest BCUT2D eigenvalue weighted by atomic mass is 32.1. The molecule has 8 nitrogen and oxygen atoms in total. The Morgan fingerprint density at radius 3 is 2.00 bits per heavy atom. The summed E-state index contributed by atoms with van der Waals surface area (Å²) >= 11 is 1.35. The number of hydrogen-bond donors (Lipinski definition) is 3. The van der Waals surface area contributed by atoms with E-state index in [9.17, 15) is 19.5 Å². The lowest BCUT2D eigenvalue weighted by Crippen LogP contribution is -2.51. The molecule has 2 aromatic heterocycles. The number of carboxylic acids is 1. The first kappa shape index (κ1) is 35.1. The van der Waals surface area contributed by atoms with Crippen LogP contribution in [0.3, 0.4) is 0 Å². The van der Waals surface area contributed by atoms with E-state index in [1.165, 1.54) is 29.9 Å². The zero-order valence-corrected chi connectivity index (χ0v) is 28.9. The van der Waals surface area contributed by atoms with Crippen LogP contribution in [0.4, 0.5) is 4.39 Å². The Morgan fingerprint density at radius 2 is 1.43 bits per heavy atom. The second-order valence-electron chi connectivity index (χ2n) is 12.9. The number of thiophene rings is 1. The lowest BCUT2D eigenvalue weighted by Gasteiger charge is -2.20. The zero-order chi connectivity index (χ0) is 35.3. The average molecular weight is 679 g/mol. The molecule has 0 bridgehead atoms. The summed E-state index contributed by atoms with van der Waals surface area (Å²) in [5.74, 6) is -2.12. The van der Waals surface area contributed by atoms with Crippen LogP contribution in [0.1, 0.15) is 60.3 Å². The summed E-state index contributed by atoms with van der Waals surface area (Å²) in [6, 6.07) is 21.9. The Balaban J connectivity index is 1.29. The maximum Gasteiger partial charge on any atom is 0.325 e. The molecule has 10 heteroatoms. The Labute approximate surface area is 289 Å². The van der Waals surface area contributed by atoms with Crippen LogP contribution in [0.25, 0.3) is 33.6 Å². The van der Waals surface area contributed by atoms with Gasteiger partial charge in [0.15, 0.2) is 5.82 Å². The second-order valence-corrected chi connectivity index (χ2v) is 14.0. The second kappa shape index (κ2) is 14.9. The molecule has 2 atom stereocenters. The van der Waals surface area contributed by atoms with Gasteiger partial charge in [0.1, 0.15) is 17.9 Å². The summed E-state index contributed by atoms with van der Waals surface area (Å²) in [5, 5.41) is 14.6. The molecule has 0 aliphatic rings. The number of rotatable bonds is 11. The van der Waals surface area contributed by atoms with E-state index in [0.29, 0.717) is 27.4 Å². The fourth-order valence-corrected chi connectivity index (χ4v) is 6.15. The minimum Gasteiger partial charge on any atom is -0.480 e. The van der Waals surface area contributed by atoms with Gasteiger partial charge in [-0.05, 0) is 59.2 Å². The number of benzene rings is 3. The van der Waals surface area contributed by atoms with E-state index in [4.69, 9.17) is 0 Å². The molecule has 0 radical (unpaired) electrons. The van der Waals surface area contributed by atoms with E-state index in [2.05, 4.69) is 48.3 Å². The van der Waals surface area contributed by atoms with Crippen molar-refractivity contribution in [2.45, 2.75) is 65.0 Å². The normalized spacial score (nSPS) is 12.6. The van der Waals surface area contributed by atoms with Crippen LogP contribution in [0.5, 0.6) is 0 Å².